The zero-order valence-electron chi connectivity index (χ0n) is 16.6. The third-order valence-electron chi connectivity index (χ3n) is 5.32. The second-order valence-corrected chi connectivity index (χ2v) is 8.82. The third kappa shape index (κ3) is 4.39. The number of halogens is 2. The smallest absolute Gasteiger partial charge is 0.328 e. The minimum atomic E-state index is -1.07. The predicted octanol–water partition coefficient (Wildman–Crippen LogP) is 5.43. The number of fused-ring (bicyclic) bond motifs is 1. The molecule has 1 aliphatic heterocycles. The molecular formula is C22H25F2NO3S. The van der Waals surface area contributed by atoms with Gasteiger partial charge in [0.1, 0.15) is 6.04 Å². The van der Waals surface area contributed by atoms with E-state index in [1.54, 1.807) is 6.92 Å². The van der Waals surface area contributed by atoms with Gasteiger partial charge < -0.3 is 5.11 Å². The molecule has 1 aliphatic rings. The molecule has 3 rings (SSSR count). The molecule has 0 bridgehead atoms. The van der Waals surface area contributed by atoms with Crippen molar-refractivity contribution >= 4 is 17.7 Å². The Kier molecular flexibility index (Phi) is 6.77. The molecule has 0 amide bonds. The Balaban J connectivity index is 2.10. The van der Waals surface area contributed by atoms with Crippen LogP contribution in [-0.4, -0.2) is 20.9 Å². The summed E-state index contributed by atoms with van der Waals surface area (Å²) >= 11 is 1.30. The highest BCUT2D eigenvalue weighted by molar-refractivity contribution is 8.00. The number of hydrogen-bond acceptors (Lipinski definition) is 3. The maximum absolute atomic E-state index is 14.0. The van der Waals surface area contributed by atoms with Crippen LogP contribution in [0.2, 0.25) is 0 Å². The highest BCUT2D eigenvalue weighted by Gasteiger charge is 2.38. The lowest BCUT2D eigenvalue weighted by Crippen LogP contribution is -2.31. The van der Waals surface area contributed by atoms with Gasteiger partial charge in [0.2, 0.25) is 0 Å². The summed E-state index contributed by atoms with van der Waals surface area (Å²) in [7, 11) is 0. The molecular weight excluding hydrogens is 396 g/mol. The van der Waals surface area contributed by atoms with Crippen molar-refractivity contribution in [2.24, 2.45) is 0 Å². The summed E-state index contributed by atoms with van der Waals surface area (Å²) in [6, 6.07) is 4.16. The first-order valence-corrected chi connectivity index (χ1v) is 10.9. The fraction of sp³-hybridized carbons (Fsp3) is 0.455. The van der Waals surface area contributed by atoms with Gasteiger partial charge in [-0.15, -0.1) is 11.8 Å². The Morgan fingerprint density at radius 1 is 1.14 bits per heavy atom. The molecule has 1 aromatic carbocycles. The van der Waals surface area contributed by atoms with E-state index in [0.717, 1.165) is 49.8 Å². The van der Waals surface area contributed by atoms with Crippen LogP contribution in [-0.2, 0) is 11.2 Å². The van der Waals surface area contributed by atoms with Crippen LogP contribution in [0.1, 0.15) is 57.6 Å². The van der Waals surface area contributed by atoms with E-state index in [1.165, 1.54) is 28.5 Å². The van der Waals surface area contributed by atoms with Gasteiger partial charge in [-0.3, -0.25) is 9.36 Å². The maximum Gasteiger partial charge on any atom is 0.328 e. The normalized spacial score (nSPS) is 18.1. The number of benzene rings is 1. The first kappa shape index (κ1) is 21.6. The molecule has 7 heteroatoms. The topological polar surface area (TPSA) is 59.3 Å². The van der Waals surface area contributed by atoms with Crippen molar-refractivity contribution in [3.05, 3.63) is 51.8 Å². The summed E-state index contributed by atoms with van der Waals surface area (Å²) in [5.41, 5.74) is 1.50. The first-order valence-electron chi connectivity index (χ1n) is 9.98. The average molecular weight is 422 g/mol. The number of aliphatic carboxylic acids is 1. The summed E-state index contributed by atoms with van der Waals surface area (Å²) in [6.45, 7) is 3.90. The van der Waals surface area contributed by atoms with E-state index in [2.05, 4.69) is 6.92 Å². The molecule has 0 unspecified atom stereocenters. The quantitative estimate of drug-likeness (QED) is 0.578. The first-order chi connectivity index (χ1) is 13.8. The molecule has 0 fully saturated rings. The van der Waals surface area contributed by atoms with Crippen molar-refractivity contribution < 1.29 is 18.7 Å². The van der Waals surface area contributed by atoms with Crippen molar-refractivity contribution in [2.75, 3.05) is 0 Å². The second-order valence-electron chi connectivity index (χ2n) is 7.46. The zero-order valence-corrected chi connectivity index (χ0v) is 17.4. The van der Waals surface area contributed by atoms with Gasteiger partial charge in [0.15, 0.2) is 11.6 Å². The molecule has 29 heavy (non-hydrogen) atoms. The van der Waals surface area contributed by atoms with E-state index < -0.39 is 23.6 Å². The third-order valence-corrected chi connectivity index (χ3v) is 6.57. The standard InChI is InChI=1S/C22H25F2NO3S/c1-3-4-5-6-7-8-14-12-18(26)25-20(22(27)28)13(2)29-21(25)19(14)15-9-10-16(23)17(24)11-15/h9-13,20H,3-8H2,1-2H3,(H,27,28)/t13-,20+/m1/s1. The molecule has 0 radical (unpaired) electrons. The average Bonchev–Trinajstić information content (AvgIpc) is 3.01. The van der Waals surface area contributed by atoms with Crippen LogP contribution in [0.3, 0.4) is 0 Å². The maximum atomic E-state index is 14.0. The summed E-state index contributed by atoms with van der Waals surface area (Å²) < 4.78 is 28.7. The number of carboxylic acid groups (broad SMARTS) is 1. The van der Waals surface area contributed by atoms with Crippen LogP contribution in [0.5, 0.6) is 0 Å². The van der Waals surface area contributed by atoms with Crippen molar-refractivity contribution in [1.29, 1.82) is 0 Å². The molecule has 2 atom stereocenters. The van der Waals surface area contributed by atoms with Gasteiger partial charge in [-0.05, 0) is 36.1 Å². The Bertz CT molecular complexity index is 973. The number of hydrogen-bond donors (Lipinski definition) is 1. The Hall–Kier alpha value is -2.15. The molecule has 0 saturated carbocycles. The minimum Gasteiger partial charge on any atom is -0.480 e. The van der Waals surface area contributed by atoms with Gasteiger partial charge in [-0.2, -0.15) is 0 Å². The summed E-state index contributed by atoms with van der Waals surface area (Å²) in [6.07, 6.45) is 5.91. The fourth-order valence-electron chi connectivity index (χ4n) is 3.87. The highest BCUT2D eigenvalue weighted by Crippen LogP contribution is 2.45. The van der Waals surface area contributed by atoms with Crippen LogP contribution in [0.4, 0.5) is 8.78 Å². The number of rotatable bonds is 8. The van der Waals surface area contributed by atoms with Crippen LogP contribution >= 0.6 is 11.8 Å². The Morgan fingerprint density at radius 3 is 2.52 bits per heavy atom. The molecule has 2 heterocycles. The Morgan fingerprint density at radius 2 is 1.86 bits per heavy atom. The van der Waals surface area contributed by atoms with E-state index in [1.807, 2.05) is 0 Å². The molecule has 4 nitrogen and oxygen atoms in total. The van der Waals surface area contributed by atoms with E-state index >= 15 is 0 Å². The molecule has 1 aromatic heterocycles. The summed E-state index contributed by atoms with van der Waals surface area (Å²) in [5, 5.41) is 9.78. The number of nitrogens with zero attached hydrogens (tertiary/aromatic N) is 1. The fourth-order valence-corrected chi connectivity index (χ4v) is 5.27. The number of unbranched alkanes of at least 4 members (excludes halogenated alkanes) is 4. The van der Waals surface area contributed by atoms with E-state index in [9.17, 15) is 23.5 Å². The van der Waals surface area contributed by atoms with Crippen molar-refractivity contribution in [3.63, 3.8) is 0 Å². The monoisotopic (exact) mass is 421 g/mol. The number of carbonyl (C=O) groups is 1. The van der Waals surface area contributed by atoms with Gasteiger partial charge >= 0.3 is 5.97 Å². The van der Waals surface area contributed by atoms with Gasteiger partial charge in [0, 0.05) is 16.9 Å². The lowest BCUT2D eigenvalue weighted by Gasteiger charge is -2.17. The van der Waals surface area contributed by atoms with Crippen LogP contribution in [0, 0.1) is 11.6 Å². The lowest BCUT2D eigenvalue weighted by atomic mass is 9.96. The summed E-state index contributed by atoms with van der Waals surface area (Å²) in [4.78, 5) is 24.5. The predicted molar refractivity (Wildman–Crippen MR) is 111 cm³/mol. The van der Waals surface area contributed by atoms with E-state index in [-0.39, 0.29) is 10.8 Å². The lowest BCUT2D eigenvalue weighted by molar-refractivity contribution is -0.140. The molecule has 0 spiro atoms. The zero-order chi connectivity index (χ0) is 21.1. The minimum absolute atomic E-state index is 0.343. The number of pyridine rings is 1. The van der Waals surface area contributed by atoms with E-state index in [4.69, 9.17) is 0 Å². The molecule has 0 saturated heterocycles. The molecule has 2 aromatic rings. The van der Waals surface area contributed by atoms with Crippen molar-refractivity contribution in [3.8, 4) is 11.1 Å². The van der Waals surface area contributed by atoms with Crippen LogP contribution < -0.4 is 5.56 Å². The van der Waals surface area contributed by atoms with Gasteiger partial charge in [0.05, 0.1) is 5.03 Å². The van der Waals surface area contributed by atoms with Crippen LogP contribution in [0.25, 0.3) is 11.1 Å². The van der Waals surface area contributed by atoms with Gasteiger partial charge in [0.25, 0.3) is 5.56 Å². The number of aryl methyl sites for hydroxylation is 1. The SMILES string of the molecule is CCCCCCCc1cc(=O)n2c(c1-c1ccc(F)c(F)c1)S[C@H](C)[C@H]2C(=O)O. The molecule has 156 valence electrons. The highest BCUT2D eigenvalue weighted by atomic mass is 32.2. The van der Waals surface area contributed by atoms with E-state index in [0.29, 0.717) is 22.6 Å². The van der Waals surface area contributed by atoms with Gasteiger partial charge in [-0.1, -0.05) is 45.6 Å². The van der Waals surface area contributed by atoms with Crippen LogP contribution in [0.15, 0.2) is 34.1 Å². The number of carboxylic acids is 1. The molecule has 1 N–H and O–H groups in total. The van der Waals surface area contributed by atoms with Crippen molar-refractivity contribution in [1.82, 2.24) is 4.57 Å². The largest absolute Gasteiger partial charge is 0.480 e. The Labute approximate surface area is 172 Å². The van der Waals surface area contributed by atoms with Crippen molar-refractivity contribution in [2.45, 2.75) is 68.7 Å². The number of thioether (sulfide) groups is 1. The summed E-state index contributed by atoms with van der Waals surface area (Å²) in [5.74, 6) is -2.98. The second kappa shape index (κ2) is 9.11. The molecule has 0 aliphatic carbocycles. The number of aromatic nitrogens is 1. The van der Waals surface area contributed by atoms with Gasteiger partial charge in [-0.25, -0.2) is 13.6 Å².